The molecule has 0 radical (unpaired) electrons. The molecule has 3 aromatic rings. The molecule has 0 aliphatic heterocycles. The summed E-state index contributed by atoms with van der Waals surface area (Å²) < 4.78 is 0. The monoisotopic (exact) mass is 362 g/mol. The summed E-state index contributed by atoms with van der Waals surface area (Å²) in [5, 5.41) is 5.86. The Morgan fingerprint density at radius 2 is 1.81 bits per heavy atom. The molecule has 4 rings (SSSR count). The van der Waals surface area contributed by atoms with E-state index in [2.05, 4.69) is 20.6 Å². The topological polar surface area (TPSA) is 86.9 Å². The Balaban J connectivity index is 1.26. The van der Waals surface area contributed by atoms with Crippen molar-refractivity contribution in [3.63, 3.8) is 0 Å². The fourth-order valence-corrected chi connectivity index (χ4v) is 2.98. The summed E-state index contributed by atoms with van der Waals surface area (Å²) in [6, 6.07) is 15.6. The zero-order valence-electron chi connectivity index (χ0n) is 15.0. The van der Waals surface area contributed by atoms with Gasteiger partial charge in [-0.1, -0.05) is 24.3 Å². The van der Waals surface area contributed by atoms with E-state index in [0.29, 0.717) is 25.3 Å². The number of benzene rings is 2. The minimum atomic E-state index is -0.0605. The van der Waals surface area contributed by atoms with E-state index in [1.165, 1.54) is 0 Å². The molecule has 6 heteroatoms. The van der Waals surface area contributed by atoms with Gasteiger partial charge >= 0.3 is 0 Å². The number of fused-ring (bicyclic) bond motifs is 1. The van der Waals surface area contributed by atoms with Gasteiger partial charge in [0.05, 0.1) is 17.5 Å². The number of nitrogens with zero attached hydrogens (tertiary/aromatic N) is 1. The van der Waals surface area contributed by atoms with Gasteiger partial charge in [0.1, 0.15) is 5.82 Å². The van der Waals surface area contributed by atoms with Crippen molar-refractivity contribution in [1.82, 2.24) is 15.3 Å². The highest BCUT2D eigenvalue weighted by Gasteiger charge is 2.23. The second-order valence-corrected chi connectivity index (χ2v) is 6.96. The molecule has 1 fully saturated rings. The molecule has 1 heterocycles. The Bertz CT molecular complexity index is 925. The van der Waals surface area contributed by atoms with Gasteiger partial charge in [-0.15, -0.1) is 0 Å². The summed E-state index contributed by atoms with van der Waals surface area (Å²) in [5.74, 6) is 0.804. The molecular weight excluding hydrogens is 340 g/mol. The Morgan fingerprint density at radius 1 is 1.04 bits per heavy atom. The highest BCUT2D eigenvalue weighted by molar-refractivity contribution is 5.91. The van der Waals surface area contributed by atoms with Crippen molar-refractivity contribution in [1.29, 1.82) is 0 Å². The van der Waals surface area contributed by atoms with Crippen LogP contribution in [0.5, 0.6) is 0 Å². The van der Waals surface area contributed by atoms with Crippen LogP contribution < -0.4 is 10.6 Å². The maximum atomic E-state index is 12.2. The van der Waals surface area contributed by atoms with Crippen molar-refractivity contribution in [3.8, 4) is 0 Å². The molecule has 0 saturated heterocycles. The van der Waals surface area contributed by atoms with Crippen LogP contribution in [0.2, 0.25) is 0 Å². The lowest BCUT2D eigenvalue weighted by Crippen LogP contribution is -2.26. The summed E-state index contributed by atoms with van der Waals surface area (Å²) in [4.78, 5) is 31.7. The maximum absolute atomic E-state index is 12.2. The van der Waals surface area contributed by atoms with Crippen LogP contribution in [0.25, 0.3) is 11.0 Å². The van der Waals surface area contributed by atoms with E-state index >= 15 is 0 Å². The number of hydrogen-bond acceptors (Lipinski definition) is 3. The molecule has 1 aliphatic carbocycles. The Morgan fingerprint density at radius 3 is 2.56 bits per heavy atom. The van der Waals surface area contributed by atoms with Gasteiger partial charge in [0.15, 0.2) is 0 Å². The molecule has 138 valence electrons. The smallest absolute Gasteiger partial charge is 0.224 e. The van der Waals surface area contributed by atoms with E-state index in [-0.39, 0.29) is 11.8 Å². The van der Waals surface area contributed by atoms with E-state index in [9.17, 15) is 9.59 Å². The number of carbonyl (C=O) groups is 2. The van der Waals surface area contributed by atoms with E-state index < -0.39 is 0 Å². The minimum absolute atomic E-state index is 0.0557. The standard InChI is InChI=1S/C21H22N4O2/c26-20(12-11-19-24-17-3-1-2-4-18(17)25-19)22-15-7-5-14(6-8-15)13-21(27)23-16-9-10-16/h1-8,16H,9-13H2,(H,22,26)(H,23,27)(H,24,25). The number of imidazole rings is 1. The first-order valence-electron chi connectivity index (χ1n) is 9.27. The molecule has 2 aromatic carbocycles. The number of aromatic nitrogens is 2. The summed E-state index contributed by atoms with van der Waals surface area (Å²) in [7, 11) is 0. The van der Waals surface area contributed by atoms with E-state index in [0.717, 1.165) is 41.0 Å². The number of amides is 2. The average molecular weight is 362 g/mol. The lowest BCUT2D eigenvalue weighted by Gasteiger charge is -2.07. The van der Waals surface area contributed by atoms with Gasteiger partial charge in [-0.25, -0.2) is 4.98 Å². The summed E-state index contributed by atoms with van der Waals surface area (Å²) in [6.07, 6.45) is 3.46. The largest absolute Gasteiger partial charge is 0.353 e. The van der Waals surface area contributed by atoms with Crippen molar-refractivity contribution in [3.05, 3.63) is 59.9 Å². The molecule has 1 aliphatic rings. The molecule has 0 atom stereocenters. The first-order chi connectivity index (χ1) is 13.2. The average Bonchev–Trinajstić information content (AvgIpc) is 3.36. The second kappa shape index (κ2) is 7.61. The van der Waals surface area contributed by atoms with Crippen LogP contribution >= 0.6 is 0 Å². The first-order valence-corrected chi connectivity index (χ1v) is 9.27. The van der Waals surface area contributed by atoms with Gasteiger partial charge in [-0.2, -0.15) is 0 Å². The highest BCUT2D eigenvalue weighted by atomic mass is 16.2. The highest BCUT2D eigenvalue weighted by Crippen LogP contribution is 2.19. The van der Waals surface area contributed by atoms with Gasteiger partial charge in [-0.3, -0.25) is 9.59 Å². The lowest BCUT2D eigenvalue weighted by atomic mass is 10.1. The van der Waals surface area contributed by atoms with Gasteiger partial charge in [0, 0.05) is 24.6 Å². The van der Waals surface area contributed by atoms with Crippen LogP contribution in [0, 0.1) is 0 Å². The fourth-order valence-electron chi connectivity index (χ4n) is 2.98. The van der Waals surface area contributed by atoms with Crippen molar-refractivity contribution in [2.45, 2.75) is 38.1 Å². The molecule has 0 bridgehead atoms. The zero-order chi connectivity index (χ0) is 18.6. The molecule has 0 unspecified atom stereocenters. The number of aryl methyl sites for hydroxylation is 1. The molecule has 1 aromatic heterocycles. The summed E-state index contributed by atoms with van der Waals surface area (Å²) in [5.41, 5.74) is 3.56. The van der Waals surface area contributed by atoms with Gasteiger partial charge in [-0.05, 0) is 42.7 Å². The quantitative estimate of drug-likeness (QED) is 0.604. The lowest BCUT2D eigenvalue weighted by molar-refractivity contribution is -0.120. The van der Waals surface area contributed by atoms with E-state index in [1.54, 1.807) is 0 Å². The van der Waals surface area contributed by atoms with Crippen molar-refractivity contribution >= 4 is 28.5 Å². The second-order valence-electron chi connectivity index (χ2n) is 6.96. The predicted molar refractivity (Wildman–Crippen MR) is 104 cm³/mol. The third-order valence-corrected chi connectivity index (χ3v) is 4.57. The van der Waals surface area contributed by atoms with Crippen LogP contribution in [0.3, 0.4) is 0 Å². The number of anilines is 1. The van der Waals surface area contributed by atoms with Crippen LogP contribution in [0.15, 0.2) is 48.5 Å². The molecule has 3 N–H and O–H groups in total. The van der Waals surface area contributed by atoms with Crippen molar-refractivity contribution in [2.24, 2.45) is 0 Å². The number of nitrogens with one attached hydrogen (secondary N) is 3. The first kappa shape index (κ1) is 17.3. The van der Waals surface area contributed by atoms with Crippen molar-refractivity contribution < 1.29 is 9.59 Å². The van der Waals surface area contributed by atoms with E-state index in [1.807, 2.05) is 48.5 Å². The number of carbonyl (C=O) groups excluding carboxylic acids is 2. The Kier molecular flexibility index (Phi) is 4.87. The van der Waals surface area contributed by atoms with Gasteiger partial charge in [0.2, 0.25) is 11.8 Å². The number of hydrogen-bond donors (Lipinski definition) is 3. The Hall–Kier alpha value is -3.15. The molecule has 27 heavy (non-hydrogen) atoms. The van der Waals surface area contributed by atoms with Gasteiger partial charge in [0.25, 0.3) is 0 Å². The van der Waals surface area contributed by atoms with E-state index in [4.69, 9.17) is 0 Å². The van der Waals surface area contributed by atoms with Crippen molar-refractivity contribution in [2.75, 3.05) is 5.32 Å². The molecular formula is C21H22N4O2. The zero-order valence-corrected chi connectivity index (χ0v) is 15.0. The number of H-pyrrole nitrogens is 1. The van der Waals surface area contributed by atoms with Crippen LogP contribution in [0.4, 0.5) is 5.69 Å². The maximum Gasteiger partial charge on any atom is 0.224 e. The van der Waals surface area contributed by atoms with Crippen LogP contribution in [-0.2, 0) is 22.4 Å². The summed E-state index contributed by atoms with van der Waals surface area (Å²) in [6.45, 7) is 0. The third-order valence-electron chi connectivity index (χ3n) is 4.57. The SMILES string of the molecule is O=C(CCc1nc2ccccc2[nH]1)Nc1ccc(CC(=O)NC2CC2)cc1. The summed E-state index contributed by atoms with van der Waals surface area (Å²) >= 11 is 0. The minimum Gasteiger partial charge on any atom is -0.353 e. The Labute approximate surface area is 157 Å². The predicted octanol–water partition coefficient (Wildman–Crippen LogP) is 2.96. The molecule has 2 amide bonds. The molecule has 6 nitrogen and oxygen atoms in total. The molecule has 0 spiro atoms. The number of rotatable bonds is 7. The molecule has 1 saturated carbocycles. The number of aromatic amines is 1. The van der Waals surface area contributed by atoms with Crippen LogP contribution in [0.1, 0.15) is 30.7 Å². The third kappa shape index (κ3) is 4.73. The fraction of sp³-hybridized carbons (Fsp3) is 0.286. The normalized spacial score (nSPS) is 13.5. The number of para-hydroxylation sites is 2. The van der Waals surface area contributed by atoms with Crippen LogP contribution in [-0.4, -0.2) is 27.8 Å². The van der Waals surface area contributed by atoms with Gasteiger partial charge < -0.3 is 15.6 Å².